The molecular formula is C10H15NO. The van der Waals surface area contributed by atoms with Crippen molar-refractivity contribution in [3.05, 3.63) is 23.7 Å². The van der Waals surface area contributed by atoms with Crippen molar-refractivity contribution in [2.75, 3.05) is 6.54 Å². The first kappa shape index (κ1) is 7.87. The summed E-state index contributed by atoms with van der Waals surface area (Å²) in [6, 6.07) is 2.10. The molecule has 0 atom stereocenters. The molecule has 0 unspecified atom stereocenters. The molecule has 1 fully saturated rings. The highest BCUT2D eigenvalue weighted by atomic mass is 16.3. The van der Waals surface area contributed by atoms with Gasteiger partial charge in [-0.25, -0.2) is 0 Å². The van der Waals surface area contributed by atoms with Crippen molar-refractivity contribution in [2.24, 2.45) is 5.73 Å². The second-order valence-electron chi connectivity index (χ2n) is 3.71. The SMILES string of the molecule is Cc1occc1C1(CCN)CC1. The third-order valence-corrected chi connectivity index (χ3v) is 2.91. The van der Waals surface area contributed by atoms with E-state index in [4.69, 9.17) is 10.2 Å². The van der Waals surface area contributed by atoms with E-state index in [1.54, 1.807) is 6.26 Å². The summed E-state index contributed by atoms with van der Waals surface area (Å²) in [5.74, 6) is 1.07. The normalized spacial score (nSPS) is 19.5. The molecule has 0 spiro atoms. The van der Waals surface area contributed by atoms with Crippen molar-refractivity contribution in [2.45, 2.75) is 31.6 Å². The molecule has 2 nitrogen and oxygen atoms in total. The van der Waals surface area contributed by atoms with Crippen molar-refractivity contribution in [1.29, 1.82) is 0 Å². The maximum atomic E-state index is 5.58. The lowest BCUT2D eigenvalue weighted by Crippen LogP contribution is -2.13. The molecule has 2 rings (SSSR count). The molecule has 0 saturated heterocycles. The average molecular weight is 165 g/mol. The molecule has 12 heavy (non-hydrogen) atoms. The van der Waals surface area contributed by atoms with Crippen LogP contribution in [-0.2, 0) is 5.41 Å². The van der Waals surface area contributed by atoms with Crippen molar-refractivity contribution >= 4 is 0 Å². The second kappa shape index (κ2) is 2.63. The van der Waals surface area contributed by atoms with Crippen LogP contribution in [0.5, 0.6) is 0 Å². The Balaban J connectivity index is 2.24. The van der Waals surface area contributed by atoms with Crippen LogP contribution in [0.25, 0.3) is 0 Å². The predicted molar refractivity (Wildman–Crippen MR) is 48.0 cm³/mol. The van der Waals surface area contributed by atoms with E-state index in [9.17, 15) is 0 Å². The monoisotopic (exact) mass is 165 g/mol. The van der Waals surface area contributed by atoms with Crippen LogP contribution < -0.4 is 5.73 Å². The number of hydrogen-bond acceptors (Lipinski definition) is 2. The molecule has 2 N–H and O–H groups in total. The molecule has 66 valence electrons. The minimum absolute atomic E-state index is 0.395. The molecule has 1 aromatic rings. The summed E-state index contributed by atoms with van der Waals surface area (Å²) in [7, 11) is 0. The fourth-order valence-electron chi connectivity index (χ4n) is 2.02. The fraction of sp³-hybridized carbons (Fsp3) is 0.600. The van der Waals surface area contributed by atoms with Gasteiger partial charge in [-0.3, -0.25) is 0 Å². The standard InChI is InChI=1S/C10H15NO/c1-8-9(2-7-12-8)10(3-4-10)5-6-11/h2,7H,3-6,11H2,1H3. The molecule has 1 aliphatic rings. The number of furan rings is 1. The molecule has 2 heteroatoms. The highest BCUT2D eigenvalue weighted by Crippen LogP contribution is 2.51. The van der Waals surface area contributed by atoms with Gasteiger partial charge in [-0.15, -0.1) is 0 Å². The first-order chi connectivity index (χ1) is 5.78. The Morgan fingerprint density at radius 1 is 1.58 bits per heavy atom. The van der Waals surface area contributed by atoms with Gasteiger partial charge in [0.25, 0.3) is 0 Å². The van der Waals surface area contributed by atoms with Crippen LogP contribution in [0.2, 0.25) is 0 Å². The van der Waals surface area contributed by atoms with Crippen molar-refractivity contribution in [1.82, 2.24) is 0 Å². The topological polar surface area (TPSA) is 39.2 Å². The van der Waals surface area contributed by atoms with Crippen LogP contribution in [-0.4, -0.2) is 6.54 Å². The van der Waals surface area contributed by atoms with Gasteiger partial charge in [-0.05, 0) is 44.4 Å². The molecule has 0 aromatic carbocycles. The largest absolute Gasteiger partial charge is 0.469 e. The van der Waals surface area contributed by atoms with Gasteiger partial charge in [0.15, 0.2) is 0 Å². The van der Waals surface area contributed by atoms with E-state index >= 15 is 0 Å². The quantitative estimate of drug-likeness (QED) is 0.743. The number of aryl methyl sites for hydroxylation is 1. The van der Waals surface area contributed by atoms with Crippen LogP contribution in [0.3, 0.4) is 0 Å². The lowest BCUT2D eigenvalue weighted by Gasteiger charge is -2.11. The van der Waals surface area contributed by atoms with E-state index < -0.39 is 0 Å². The van der Waals surface area contributed by atoms with Gasteiger partial charge in [0.1, 0.15) is 5.76 Å². The van der Waals surface area contributed by atoms with Gasteiger partial charge in [-0.2, -0.15) is 0 Å². The third kappa shape index (κ3) is 1.07. The van der Waals surface area contributed by atoms with Crippen LogP contribution in [0.15, 0.2) is 16.7 Å². The summed E-state index contributed by atoms with van der Waals surface area (Å²) in [5, 5.41) is 0. The van der Waals surface area contributed by atoms with E-state index in [-0.39, 0.29) is 0 Å². The molecule has 0 radical (unpaired) electrons. The Kier molecular flexibility index (Phi) is 1.72. The Hall–Kier alpha value is -0.760. The van der Waals surface area contributed by atoms with E-state index in [0.717, 1.165) is 18.7 Å². The first-order valence-corrected chi connectivity index (χ1v) is 4.53. The van der Waals surface area contributed by atoms with Gasteiger partial charge in [0.2, 0.25) is 0 Å². The van der Waals surface area contributed by atoms with Crippen LogP contribution in [0.1, 0.15) is 30.6 Å². The van der Waals surface area contributed by atoms with Gasteiger partial charge in [0, 0.05) is 5.41 Å². The molecule has 1 saturated carbocycles. The minimum Gasteiger partial charge on any atom is -0.469 e. The molecule has 1 aliphatic carbocycles. The zero-order valence-electron chi connectivity index (χ0n) is 7.47. The molecular weight excluding hydrogens is 150 g/mol. The van der Waals surface area contributed by atoms with E-state index in [0.29, 0.717) is 5.41 Å². The van der Waals surface area contributed by atoms with Gasteiger partial charge in [0.05, 0.1) is 6.26 Å². The minimum atomic E-state index is 0.395. The van der Waals surface area contributed by atoms with Crippen molar-refractivity contribution in [3.8, 4) is 0 Å². The third-order valence-electron chi connectivity index (χ3n) is 2.91. The molecule has 1 aromatic heterocycles. The molecule has 0 amide bonds. The maximum absolute atomic E-state index is 5.58. The number of nitrogens with two attached hydrogens (primary N) is 1. The Labute approximate surface area is 72.7 Å². The second-order valence-corrected chi connectivity index (χ2v) is 3.71. The zero-order chi connectivity index (χ0) is 8.60. The van der Waals surface area contributed by atoms with Gasteiger partial charge in [-0.1, -0.05) is 0 Å². The summed E-state index contributed by atoms with van der Waals surface area (Å²) < 4.78 is 5.30. The number of rotatable bonds is 3. The van der Waals surface area contributed by atoms with E-state index in [1.165, 1.54) is 18.4 Å². The summed E-state index contributed by atoms with van der Waals surface area (Å²) >= 11 is 0. The van der Waals surface area contributed by atoms with Gasteiger partial charge >= 0.3 is 0 Å². The van der Waals surface area contributed by atoms with Crippen molar-refractivity contribution in [3.63, 3.8) is 0 Å². The smallest absolute Gasteiger partial charge is 0.104 e. The Morgan fingerprint density at radius 3 is 2.75 bits per heavy atom. The van der Waals surface area contributed by atoms with Crippen molar-refractivity contribution < 1.29 is 4.42 Å². The summed E-state index contributed by atoms with van der Waals surface area (Å²) in [5.41, 5.74) is 7.36. The lowest BCUT2D eigenvalue weighted by molar-refractivity contribution is 0.517. The zero-order valence-corrected chi connectivity index (χ0v) is 7.47. The van der Waals surface area contributed by atoms with Crippen LogP contribution >= 0.6 is 0 Å². The number of hydrogen-bond donors (Lipinski definition) is 1. The van der Waals surface area contributed by atoms with Gasteiger partial charge < -0.3 is 10.2 Å². The highest BCUT2D eigenvalue weighted by Gasteiger charge is 2.44. The summed E-state index contributed by atoms with van der Waals surface area (Å²) in [6.07, 6.45) is 5.45. The fourth-order valence-corrected chi connectivity index (χ4v) is 2.02. The van der Waals surface area contributed by atoms with Crippen LogP contribution in [0, 0.1) is 6.92 Å². The maximum Gasteiger partial charge on any atom is 0.104 e. The Bertz CT molecular complexity index is 273. The molecule has 0 aliphatic heterocycles. The highest BCUT2D eigenvalue weighted by molar-refractivity contribution is 5.32. The molecule has 1 heterocycles. The lowest BCUT2D eigenvalue weighted by atomic mass is 9.93. The average Bonchev–Trinajstić information content (AvgIpc) is 2.68. The van der Waals surface area contributed by atoms with Crippen LogP contribution in [0.4, 0.5) is 0 Å². The first-order valence-electron chi connectivity index (χ1n) is 4.53. The summed E-state index contributed by atoms with van der Waals surface area (Å²) in [6.45, 7) is 2.82. The van der Waals surface area contributed by atoms with E-state index in [2.05, 4.69) is 6.07 Å². The van der Waals surface area contributed by atoms with E-state index in [1.807, 2.05) is 6.92 Å². The predicted octanol–water partition coefficient (Wildman–Crippen LogP) is 1.97. The summed E-state index contributed by atoms with van der Waals surface area (Å²) in [4.78, 5) is 0. The molecule has 0 bridgehead atoms. The Morgan fingerprint density at radius 2 is 2.33 bits per heavy atom.